The van der Waals surface area contributed by atoms with E-state index in [4.69, 9.17) is 5.73 Å². The second-order valence-electron chi connectivity index (χ2n) is 3.62. The van der Waals surface area contributed by atoms with Crippen LogP contribution in [0.4, 0.5) is 14.5 Å². The number of para-hydroxylation sites is 1. The SMILES string of the molecule is CNS(=O)(=O)c1ccccc1NCC(F)(F)CN. The fourth-order valence-corrected chi connectivity index (χ4v) is 2.16. The van der Waals surface area contributed by atoms with Gasteiger partial charge in [0.1, 0.15) is 4.90 Å². The molecule has 0 atom stereocenters. The van der Waals surface area contributed by atoms with Gasteiger partial charge in [0.15, 0.2) is 0 Å². The van der Waals surface area contributed by atoms with Gasteiger partial charge in [-0.05, 0) is 19.2 Å². The number of hydrogen-bond acceptors (Lipinski definition) is 4. The van der Waals surface area contributed by atoms with E-state index in [0.717, 1.165) is 0 Å². The van der Waals surface area contributed by atoms with E-state index < -0.39 is 29.0 Å². The molecule has 0 spiro atoms. The number of nitrogens with one attached hydrogen (secondary N) is 2. The number of rotatable bonds is 6. The number of alkyl halides is 2. The van der Waals surface area contributed by atoms with E-state index >= 15 is 0 Å². The van der Waals surface area contributed by atoms with Crippen LogP contribution in [0.3, 0.4) is 0 Å². The molecule has 0 amide bonds. The van der Waals surface area contributed by atoms with Crippen molar-refractivity contribution in [3.63, 3.8) is 0 Å². The molecule has 18 heavy (non-hydrogen) atoms. The van der Waals surface area contributed by atoms with E-state index in [1.807, 2.05) is 0 Å². The van der Waals surface area contributed by atoms with E-state index in [1.54, 1.807) is 6.07 Å². The van der Waals surface area contributed by atoms with Crippen molar-refractivity contribution in [3.8, 4) is 0 Å². The molecule has 8 heteroatoms. The lowest BCUT2D eigenvalue weighted by atomic mass is 10.3. The summed E-state index contributed by atoms with van der Waals surface area (Å²) >= 11 is 0. The summed E-state index contributed by atoms with van der Waals surface area (Å²) < 4.78 is 51.4. The van der Waals surface area contributed by atoms with Crippen LogP contribution >= 0.6 is 0 Å². The van der Waals surface area contributed by atoms with Gasteiger partial charge >= 0.3 is 0 Å². The number of halogens is 2. The number of nitrogens with two attached hydrogens (primary N) is 1. The van der Waals surface area contributed by atoms with Crippen LogP contribution in [0.5, 0.6) is 0 Å². The molecule has 102 valence electrons. The van der Waals surface area contributed by atoms with E-state index in [-0.39, 0.29) is 10.6 Å². The average molecular weight is 279 g/mol. The molecule has 0 saturated heterocycles. The smallest absolute Gasteiger partial charge is 0.276 e. The highest BCUT2D eigenvalue weighted by atomic mass is 32.2. The molecule has 0 fully saturated rings. The molecule has 0 heterocycles. The molecule has 0 saturated carbocycles. The Morgan fingerprint density at radius 3 is 2.50 bits per heavy atom. The molecule has 0 radical (unpaired) electrons. The van der Waals surface area contributed by atoms with Gasteiger partial charge < -0.3 is 11.1 Å². The minimum atomic E-state index is -3.69. The van der Waals surface area contributed by atoms with Gasteiger partial charge in [-0.25, -0.2) is 21.9 Å². The molecular formula is C10H15F2N3O2S. The van der Waals surface area contributed by atoms with Crippen molar-refractivity contribution in [1.29, 1.82) is 0 Å². The van der Waals surface area contributed by atoms with Crippen LogP contribution in [0.2, 0.25) is 0 Å². The third-order valence-electron chi connectivity index (χ3n) is 2.28. The molecule has 5 nitrogen and oxygen atoms in total. The van der Waals surface area contributed by atoms with Gasteiger partial charge in [-0.3, -0.25) is 0 Å². The normalized spacial score (nSPS) is 12.4. The fraction of sp³-hybridized carbons (Fsp3) is 0.400. The maximum absolute atomic E-state index is 13.0. The van der Waals surface area contributed by atoms with E-state index in [0.29, 0.717) is 0 Å². The second kappa shape index (κ2) is 5.59. The predicted molar refractivity (Wildman–Crippen MR) is 65.2 cm³/mol. The van der Waals surface area contributed by atoms with Crippen LogP contribution in [0.15, 0.2) is 29.2 Å². The lowest BCUT2D eigenvalue weighted by Crippen LogP contribution is -2.35. The Hall–Kier alpha value is -1.25. The molecule has 1 aromatic carbocycles. The van der Waals surface area contributed by atoms with E-state index in [1.165, 1.54) is 25.2 Å². The highest BCUT2D eigenvalue weighted by Crippen LogP contribution is 2.22. The van der Waals surface area contributed by atoms with E-state index in [9.17, 15) is 17.2 Å². The summed E-state index contributed by atoms with van der Waals surface area (Å²) in [4.78, 5) is -0.0830. The quantitative estimate of drug-likeness (QED) is 0.712. The highest BCUT2D eigenvalue weighted by Gasteiger charge is 2.27. The topological polar surface area (TPSA) is 84.2 Å². The number of sulfonamides is 1. The lowest BCUT2D eigenvalue weighted by molar-refractivity contribution is 0.0253. The van der Waals surface area contributed by atoms with Crippen molar-refractivity contribution in [1.82, 2.24) is 4.72 Å². The summed E-state index contributed by atoms with van der Waals surface area (Å²) in [5.74, 6) is -3.09. The molecule has 0 aliphatic carbocycles. The number of hydrogen-bond donors (Lipinski definition) is 3. The standard InChI is InChI=1S/C10H15F2N3O2S/c1-14-18(16,17)9-5-3-2-4-8(9)15-7-10(11,12)6-13/h2-5,14-15H,6-7,13H2,1H3. The molecule has 0 aliphatic rings. The van der Waals surface area contributed by atoms with Gasteiger partial charge in [-0.15, -0.1) is 0 Å². The first-order valence-corrected chi connectivity index (χ1v) is 6.65. The Kier molecular flexibility index (Phi) is 4.60. The Morgan fingerprint density at radius 2 is 1.94 bits per heavy atom. The second-order valence-corrected chi connectivity index (χ2v) is 5.47. The van der Waals surface area contributed by atoms with Gasteiger partial charge in [-0.2, -0.15) is 0 Å². The van der Waals surface area contributed by atoms with Crippen LogP contribution in [0.25, 0.3) is 0 Å². The summed E-state index contributed by atoms with van der Waals surface area (Å²) in [5, 5.41) is 2.40. The highest BCUT2D eigenvalue weighted by molar-refractivity contribution is 7.89. The predicted octanol–water partition coefficient (Wildman–Crippen LogP) is 0.601. The van der Waals surface area contributed by atoms with E-state index in [2.05, 4.69) is 10.0 Å². The molecule has 0 aliphatic heterocycles. The first kappa shape index (κ1) is 14.8. The van der Waals surface area contributed by atoms with Gasteiger partial charge in [-0.1, -0.05) is 12.1 Å². The van der Waals surface area contributed by atoms with Crippen LogP contribution in [-0.4, -0.2) is 34.5 Å². The Labute approximate surface area is 104 Å². The summed E-state index contributed by atoms with van der Waals surface area (Å²) in [6.45, 7) is -1.53. The van der Waals surface area contributed by atoms with Crippen LogP contribution in [0, 0.1) is 0 Å². The zero-order chi connectivity index (χ0) is 13.8. The van der Waals surface area contributed by atoms with Crippen LogP contribution in [0.1, 0.15) is 0 Å². The van der Waals surface area contributed by atoms with Crippen molar-refractivity contribution < 1.29 is 17.2 Å². The molecule has 0 aromatic heterocycles. The fourth-order valence-electron chi connectivity index (χ4n) is 1.25. The van der Waals surface area contributed by atoms with Gasteiger partial charge in [0.05, 0.1) is 18.8 Å². The Bertz CT molecular complexity index is 506. The van der Waals surface area contributed by atoms with Crippen molar-refractivity contribution >= 4 is 15.7 Å². The maximum Gasteiger partial charge on any atom is 0.276 e. The molecular weight excluding hydrogens is 264 g/mol. The van der Waals surface area contributed by atoms with Crippen molar-refractivity contribution in [3.05, 3.63) is 24.3 Å². The largest absolute Gasteiger partial charge is 0.378 e. The summed E-state index contributed by atoms with van der Waals surface area (Å²) in [7, 11) is -2.44. The molecule has 1 rings (SSSR count). The minimum absolute atomic E-state index is 0.0830. The van der Waals surface area contributed by atoms with Gasteiger partial charge in [0.25, 0.3) is 5.92 Å². The maximum atomic E-state index is 13.0. The average Bonchev–Trinajstić information content (AvgIpc) is 2.37. The molecule has 1 aromatic rings. The summed E-state index contributed by atoms with van der Waals surface area (Å²) in [6, 6.07) is 5.81. The molecule has 0 unspecified atom stereocenters. The van der Waals surface area contributed by atoms with Crippen molar-refractivity contribution in [2.45, 2.75) is 10.8 Å². The lowest BCUT2D eigenvalue weighted by Gasteiger charge is -2.17. The Morgan fingerprint density at radius 1 is 1.33 bits per heavy atom. The third kappa shape index (κ3) is 3.62. The first-order chi connectivity index (χ1) is 8.32. The third-order valence-corrected chi connectivity index (χ3v) is 3.75. The number of benzene rings is 1. The van der Waals surface area contributed by atoms with Crippen molar-refractivity contribution in [2.24, 2.45) is 5.73 Å². The van der Waals surface area contributed by atoms with Crippen molar-refractivity contribution in [2.75, 3.05) is 25.5 Å². The number of anilines is 1. The Balaban J connectivity index is 2.98. The monoisotopic (exact) mass is 279 g/mol. The van der Waals surface area contributed by atoms with Crippen LogP contribution in [-0.2, 0) is 10.0 Å². The summed E-state index contributed by atoms with van der Waals surface area (Å²) in [5.41, 5.74) is 5.01. The van der Waals surface area contributed by atoms with Gasteiger partial charge in [0, 0.05) is 0 Å². The minimum Gasteiger partial charge on any atom is -0.378 e. The zero-order valence-corrected chi connectivity index (χ0v) is 10.6. The zero-order valence-electron chi connectivity index (χ0n) is 9.78. The summed E-state index contributed by atoms with van der Waals surface area (Å²) in [6.07, 6.45) is 0. The van der Waals surface area contributed by atoms with Crippen LogP contribution < -0.4 is 15.8 Å². The molecule has 0 bridgehead atoms. The van der Waals surface area contributed by atoms with Gasteiger partial charge in [0.2, 0.25) is 10.0 Å². The first-order valence-electron chi connectivity index (χ1n) is 5.17. The molecule has 4 N–H and O–H groups in total.